The molecule has 0 unspecified atom stereocenters. The smallest absolute Gasteiger partial charge is 0.306 e. The van der Waals surface area contributed by atoms with Gasteiger partial charge in [0.25, 0.3) is 0 Å². The zero-order valence-corrected chi connectivity index (χ0v) is 39.5. The summed E-state index contributed by atoms with van der Waals surface area (Å²) in [5.74, 6) is -1.73. The fourth-order valence-corrected chi connectivity index (χ4v) is 7.56. The highest BCUT2D eigenvalue weighted by Crippen LogP contribution is 2.35. The lowest BCUT2D eigenvalue weighted by Gasteiger charge is -2.18. The van der Waals surface area contributed by atoms with Crippen LogP contribution in [0.15, 0.2) is 85.5 Å². The number of carbonyl (C=O) groups is 2. The molecular weight excluding hydrogens is 944 g/mol. The number of rotatable bonds is 25. The van der Waals surface area contributed by atoms with Crippen molar-refractivity contribution in [1.82, 2.24) is 30.6 Å². The zero-order valence-electron chi connectivity index (χ0n) is 38.0. The lowest BCUT2D eigenvalue weighted by atomic mass is 9.92. The lowest BCUT2D eigenvalue weighted by molar-refractivity contribution is -0.140. The van der Waals surface area contributed by atoms with Gasteiger partial charge < -0.3 is 50.0 Å². The number of hydrogen-bond donors (Lipinski definition) is 6. The number of carboxylic acids is 2. The fraction of sp³-hybridized carbons (Fsp3) is 0.280. The van der Waals surface area contributed by atoms with E-state index in [0.29, 0.717) is 33.4 Å². The third-order valence-electron chi connectivity index (χ3n) is 10.7. The molecule has 4 aromatic heterocycles. The molecule has 0 aliphatic carbocycles. The maximum absolute atomic E-state index is 11.0. The fourth-order valence-electron chi connectivity index (χ4n) is 7.10. The van der Waals surface area contributed by atoms with E-state index < -0.39 is 37.0 Å². The molecule has 362 valence electrons. The van der Waals surface area contributed by atoms with Crippen molar-refractivity contribution in [3.8, 4) is 46.8 Å². The Morgan fingerprint density at radius 2 is 1.00 bits per heavy atom. The SMILES string of the molecule is Cc1c(COc2nc(OCc3cncc(C#N)c3)c(CNC[C@H](O)CC(=O)O)cc2Cl)cccc1-c1cccc(COc2nc(OCc3cncc(C#N)c3)c(CNC[C@H](O)CC(=O)O)cc2Cl)c1C. The summed E-state index contributed by atoms with van der Waals surface area (Å²) in [5.41, 5.74) is 8.44. The van der Waals surface area contributed by atoms with Crippen LogP contribution in [-0.4, -0.2) is 77.6 Å². The van der Waals surface area contributed by atoms with E-state index in [4.69, 9.17) is 52.4 Å². The van der Waals surface area contributed by atoms with E-state index in [1.807, 2.05) is 50.2 Å². The first-order valence-electron chi connectivity index (χ1n) is 21.7. The molecule has 2 atom stereocenters. The number of aromatic nitrogens is 4. The predicted molar refractivity (Wildman–Crippen MR) is 255 cm³/mol. The molecule has 70 heavy (non-hydrogen) atoms. The molecule has 0 aliphatic rings. The number of halogens is 2. The molecule has 0 aliphatic heterocycles. The van der Waals surface area contributed by atoms with Gasteiger partial charge in [-0.3, -0.25) is 19.6 Å². The van der Waals surface area contributed by atoms with E-state index >= 15 is 0 Å². The lowest BCUT2D eigenvalue weighted by Crippen LogP contribution is -2.28. The molecule has 2 aromatic carbocycles. The molecular formula is C50H48Cl2N8O10. The van der Waals surface area contributed by atoms with Gasteiger partial charge in [-0.05, 0) is 71.5 Å². The van der Waals surface area contributed by atoms with Crippen molar-refractivity contribution in [3.05, 3.63) is 151 Å². The summed E-state index contributed by atoms with van der Waals surface area (Å²) in [6.45, 7) is 4.42. The average molecular weight is 992 g/mol. The normalized spacial score (nSPS) is 11.8. The molecule has 0 saturated carbocycles. The van der Waals surface area contributed by atoms with Crippen molar-refractivity contribution < 1.29 is 49.0 Å². The molecule has 0 bridgehead atoms. The number of pyridine rings is 4. The highest BCUT2D eigenvalue weighted by molar-refractivity contribution is 6.32. The van der Waals surface area contributed by atoms with Crippen molar-refractivity contribution in [1.29, 1.82) is 10.5 Å². The molecule has 0 amide bonds. The second-order valence-corrected chi connectivity index (χ2v) is 16.8. The van der Waals surface area contributed by atoms with Gasteiger partial charge in [0, 0.05) is 73.2 Å². The highest BCUT2D eigenvalue weighted by atomic mass is 35.5. The molecule has 0 radical (unpaired) electrons. The Morgan fingerprint density at radius 1 is 0.600 bits per heavy atom. The number of benzene rings is 2. The van der Waals surface area contributed by atoms with Crippen LogP contribution in [0.4, 0.5) is 0 Å². The van der Waals surface area contributed by atoms with Crippen LogP contribution in [0, 0.1) is 36.5 Å². The summed E-state index contributed by atoms with van der Waals surface area (Å²) in [6.07, 6.45) is 2.91. The zero-order chi connectivity index (χ0) is 50.2. The number of aliphatic carboxylic acids is 2. The summed E-state index contributed by atoms with van der Waals surface area (Å²) < 4.78 is 24.6. The third kappa shape index (κ3) is 14.8. The number of nitrogens with zero attached hydrogens (tertiary/aromatic N) is 6. The van der Waals surface area contributed by atoms with Crippen molar-refractivity contribution >= 4 is 35.1 Å². The summed E-state index contributed by atoms with van der Waals surface area (Å²) in [6, 6.07) is 22.4. The standard InChI is InChI=1S/C50H48Cl2N8O10/c1-29-35(27-69-49-43(51)11-37(21-57-23-39(61)13-45(63)64)47(59-49)67-25-33-9-31(15-53)17-55-19-33)5-3-7-41(29)42-8-4-6-36(30(42)2)28-70-50-44(52)12-38(22-58-24-40(62)14-46(65)66)48(60-50)68-26-34-10-32(16-54)18-56-20-34/h3-12,17-20,39-40,57-58,61-62H,13-14,21-28H2,1-2H3,(H,63,64)(H,65,66)/t39-,40-/m1/s1. The van der Waals surface area contributed by atoms with Crippen LogP contribution < -0.4 is 29.6 Å². The Balaban J connectivity index is 1.18. The minimum Gasteiger partial charge on any atom is -0.481 e. The summed E-state index contributed by atoms with van der Waals surface area (Å²) in [7, 11) is 0. The van der Waals surface area contributed by atoms with Crippen LogP contribution in [0.25, 0.3) is 11.1 Å². The Labute approximate surface area is 413 Å². The summed E-state index contributed by atoms with van der Waals surface area (Å²) in [5, 5.41) is 63.3. The van der Waals surface area contributed by atoms with Gasteiger partial charge in [-0.2, -0.15) is 20.5 Å². The second kappa shape index (κ2) is 25.3. The number of aliphatic hydroxyl groups is 2. The van der Waals surface area contributed by atoms with E-state index in [1.54, 1.807) is 36.7 Å². The highest BCUT2D eigenvalue weighted by Gasteiger charge is 2.20. The van der Waals surface area contributed by atoms with Crippen LogP contribution in [0.2, 0.25) is 10.0 Å². The number of nitrogens with one attached hydrogen (secondary N) is 2. The van der Waals surface area contributed by atoms with Crippen LogP contribution in [0.5, 0.6) is 23.5 Å². The van der Waals surface area contributed by atoms with E-state index in [1.165, 1.54) is 12.4 Å². The molecule has 6 aromatic rings. The molecule has 18 nitrogen and oxygen atoms in total. The van der Waals surface area contributed by atoms with Gasteiger partial charge in [-0.15, -0.1) is 0 Å². The Bertz CT molecular complexity index is 2720. The number of nitriles is 2. The third-order valence-corrected chi connectivity index (χ3v) is 11.2. The Kier molecular flexibility index (Phi) is 18.8. The molecule has 4 heterocycles. The van der Waals surface area contributed by atoms with E-state index in [0.717, 1.165) is 33.4 Å². The number of carboxylic acid groups (broad SMARTS) is 2. The van der Waals surface area contributed by atoms with Crippen LogP contribution in [0.3, 0.4) is 0 Å². The first-order valence-corrected chi connectivity index (χ1v) is 22.4. The maximum Gasteiger partial charge on any atom is 0.306 e. The minimum atomic E-state index is -1.13. The average Bonchev–Trinajstić information content (AvgIpc) is 3.33. The van der Waals surface area contributed by atoms with Crippen LogP contribution in [-0.2, 0) is 49.1 Å². The monoisotopic (exact) mass is 990 g/mol. The van der Waals surface area contributed by atoms with Gasteiger partial charge in [0.15, 0.2) is 0 Å². The minimum absolute atomic E-state index is 0.0102. The molecule has 20 heteroatoms. The number of aliphatic hydroxyl groups excluding tert-OH is 2. The first kappa shape index (κ1) is 52.0. The molecule has 0 spiro atoms. The van der Waals surface area contributed by atoms with Crippen molar-refractivity contribution in [2.75, 3.05) is 13.1 Å². The maximum atomic E-state index is 11.0. The van der Waals surface area contributed by atoms with E-state index in [-0.39, 0.29) is 86.2 Å². The predicted octanol–water partition coefficient (Wildman–Crippen LogP) is 6.77. The van der Waals surface area contributed by atoms with Gasteiger partial charge in [0.05, 0.1) is 36.2 Å². The van der Waals surface area contributed by atoms with Gasteiger partial charge >= 0.3 is 11.9 Å². The van der Waals surface area contributed by atoms with Gasteiger partial charge in [-0.25, -0.2) is 0 Å². The topological polar surface area (TPSA) is 275 Å². The van der Waals surface area contributed by atoms with E-state index in [2.05, 4.69) is 42.7 Å². The van der Waals surface area contributed by atoms with E-state index in [9.17, 15) is 30.3 Å². The largest absolute Gasteiger partial charge is 0.481 e. The Hall–Kier alpha value is -7.42. The number of ether oxygens (including phenoxy) is 4. The van der Waals surface area contributed by atoms with Crippen molar-refractivity contribution in [3.63, 3.8) is 0 Å². The molecule has 0 saturated heterocycles. The Morgan fingerprint density at radius 3 is 1.39 bits per heavy atom. The molecule has 6 rings (SSSR count). The second-order valence-electron chi connectivity index (χ2n) is 16.0. The van der Waals surface area contributed by atoms with Gasteiger partial charge in [0.2, 0.25) is 23.5 Å². The quantitative estimate of drug-likeness (QED) is 0.0345. The molecule has 0 fully saturated rings. The van der Waals surface area contributed by atoms with Crippen LogP contribution in [0.1, 0.15) is 68.5 Å². The van der Waals surface area contributed by atoms with Gasteiger partial charge in [0.1, 0.15) is 48.6 Å². The number of hydrogen-bond acceptors (Lipinski definition) is 16. The van der Waals surface area contributed by atoms with Crippen LogP contribution >= 0.6 is 23.2 Å². The molecule has 6 N–H and O–H groups in total. The summed E-state index contributed by atoms with van der Waals surface area (Å²) in [4.78, 5) is 39.5. The van der Waals surface area contributed by atoms with Crippen molar-refractivity contribution in [2.45, 2.75) is 78.4 Å². The first-order chi connectivity index (χ1) is 33.7. The van der Waals surface area contributed by atoms with Gasteiger partial charge in [-0.1, -0.05) is 59.6 Å². The summed E-state index contributed by atoms with van der Waals surface area (Å²) >= 11 is 13.4. The van der Waals surface area contributed by atoms with Crippen molar-refractivity contribution in [2.24, 2.45) is 0 Å².